The van der Waals surface area contributed by atoms with Gasteiger partial charge in [0.1, 0.15) is 18.5 Å². The van der Waals surface area contributed by atoms with Crippen LogP contribution in [0.5, 0.6) is 5.75 Å². The zero-order chi connectivity index (χ0) is 16.1. The molecule has 1 atom stereocenters. The van der Waals surface area contributed by atoms with E-state index >= 15 is 0 Å². The van der Waals surface area contributed by atoms with Gasteiger partial charge >= 0.3 is 0 Å². The van der Waals surface area contributed by atoms with Gasteiger partial charge in [-0.25, -0.2) is 0 Å². The summed E-state index contributed by atoms with van der Waals surface area (Å²) in [6.45, 7) is -0.0660. The van der Waals surface area contributed by atoms with E-state index in [1.54, 1.807) is 24.3 Å². The first-order valence-corrected chi connectivity index (χ1v) is 6.64. The Kier molecular flexibility index (Phi) is 4.94. The lowest BCUT2D eigenvalue weighted by Crippen LogP contribution is -2.10. The van der Waals surface area contributed by atoms with Crippen molar-refractivity contribution in [3.63, 3.8) is 0 Å². The molecular weight excluding hydrogens is 308 g/mol. The number of halogens is 1. The molecule has 0 radical (unpaired) electrons. The molecule has 2 aromatic rings. The Morgan fingerprint density at radius 2 is 2.00 bits per heavy atom. The first-order chi connectivity index (χ1) is 10.5. The summed E-state index contributed by atoms with van der Waals surface area (Å²) in [5.74, 6) is 0.250. The minimum absolute atomic E-state index is 0.0660. The number of rotatable bonds is 5. The summed E-state index contributed by atoms with van der Waals surface area (Å²) in [6.07, 6.45) is -0.904. The summed E-state index contributed by atoms with van der Waals surface area (Å²) in [5, 5.41) is 29.4. The lowest BCUT2D eigenvalue weighted by molar-refractivity contribution is -0.384. The maximum absolute atomic E-state index is 10.6. The van der Waals surface area contributed by atoms with Gasteiger partial charge in [0.15, 0.2) is 0 Å². The van der Waals surface area contributed by atoms with Crippen LogP contribution in [0.3, 0.4) is 0 Å². The summed E-state index contributed by atoms with van der Waals surface area (Å²) >= 11 is 5.90. The van der Waals surface area contributed by atoms with Crippen molar-refractivity contribution in [3.05, 3.63) is 68.7 Å². The summed E-state index contributed by atoms with van der Waals surface area (Å²) in [7, 11) is 0. The molecule has 0 spiro atoms. The van der Waals surface area contributed by atoms with E-state index < -0.39 is 11.0 Å². The molecule has 0 fully saturated rings. The number of ether oxygens (including phenoxy) is 1. The average molecular weight is 319 g/mol. The number of nitro groups is 1. The molecule has 0 aromatic heterocycles. The fraction of sp³-hybridized carbons (Fsp3) is 0.133. The molecule has 2 rings (SSSR count). The van der Waals surface area contributed by atoms with Crippen molar-refractivity contribution in [1.29, 1.82) is 5.26 Å². The molecule has 0 saturated carbocycles. The first-order valence-electron chi connectivity index (χ1n) is 6.26. The van der Waals surface area contributed by atoms with E-state index in [4.69, 9.17) is 21.6 Å². The molecule has 7 heteroatoms. The molecule has 1 N–H and O–H groups in total. The third-order valence-electron chi connectivity index (χ3n) is 2.95. The quantitative estimate of drug-likeness (QED) is 0.674. The third kappa shape index (κ3) is 3.73. The second-order valence-electron chi connectivity index (χ2n) is 4.43. The number of nitriles is 1. The molecule has 2 aromatic carbocycles. The molecule has 0 bridgehead atoms. The highest BCUT2D eigenvalue weighted by Gasteiger charge is 2.13. The zero-order valence-corrected chi connectivity index (χ0v) is 12.0. The predicted molar refractivity (Wildman–Crippen MR) is 79.7 cm³/mol. The van der Waals surface area contributed by atoms with Crippen molar-refractivity contribution in [3.8, 4) is 11.8 Å². The number of nitro benzene ring substituents is 1. The van der Waals surface area contributed by atoms with Gasteiger partial charge in [0.05, 0.1) is 21.6 Å². The van der Waals surface area contributed by atoms with Crippen molar-refractivity contribution in [2.24, 2.45) is 0 Å². The average Bonchev–Trinajstić information content (AvgIpc) is 2.53. The molecule has 1 unspecified atom stereocenters. The molecule has 0 saturated heterocycles. The molecular formula is C15H11ClN2O4. The van der Waals surface area contributed by atoms with Crippen LogP contribution in [0.2, 0.25) is 5.02 Å². The van der Waals surface area contributed by atoms with Gasteiger partial charge in [-0.3, -0.25) is 10.1 Å². The topological polar surface area (TPSA) is 96.4 Å². The minimum atomic E-state index is -0.904. The van der Waals surface area contributed by atoms with E-state index in [0.717, 1.165) is 0 Å². The van der Waals surface area contributed by atoms with Gasteiger partial charge in [-0.2, -0.15) is 5.26 Å². The molecule has 0 heterocycles. The summed E-state index contributed by atoms with van der Waals surface area (Å²) in [5.41, 5.74) is 0.956. The van der Waals surface area contributed by atoms with E-state index in [1.165, 1.54) is 18.2 Å². The zero-order valence-electron chi connectivity index (χ0n) is 11.3. The lowest BCUT2D eigenvalue weighted by Gasteiger charge is -2.13. The van der Waals surface area contributed by atoms with Crippen LogP contribution in [-0.4, -0.2) is 16.6 Å². The van der Waals surface area contributed by atoms with E-state index in [0.29, 0.717) is 11.1 Å². The molecule has 22 heavy (non-hydrogen) atoms. The Morgan fingerprint density at radius 3 is 2.55 bits per heavy atom. The smallest absolute Gasteiger partial charge is 0.271 e. The van der Waals surface area contributed by atoms with E-state index in [-0.39, 0.29) is 23.1 Å². The molecule has 112 valence electrons. The summed E-state index contributed by atoms with van der Waals surface area (Å²) in [6, 6.07) is 12.3. The Hall–Kier alpha value is -2.62. The van der Waals surface area contributed by atoms with Crippen molar-refractivity contribution in [1.82, 2.24) is 0 Å². The van der Waals surface area contributed by atoms with Crippen molar-refractivity contribution >= 4 is 17.3 Å². The number of hydrogen-bond acceptors (Lipinski definition) is 5. The number of nitrogens with zero attached hydrogens (tertiary/aromatic N) is 2. The number of aliphatic hydroxyl groups excluding tert-OH is 1. The number of aliphatic hydroxyl groups is 1. The van der Waals surface area contributed by atoms with Crippen LogP contribution in [0.1, 0.15) is 17.2 Å². The van der Waals surface area contributed by atoms with Gasteiger partial charge < -0.3 is 9.84 Å². The van der Waals surface area contributed by atoms with E-state index in [9.17, 15) is 15.2 Å². The highest BCUT2D eigenvalue weighted by atomic mass is 35.5. The Morgan fingerprint density at radius 1 is 1.32 bits per heavy atom. The maximum Gasteiger partial charge on any atom is 0.271 e. The molecule has 0 amide bonds. The van der Waals surface area contributed by atoms with Crippen LogP contribution in [0.15, 0.2) is 42.5 Å². The second-order valence-corrected chi connectivity index (χ2v) is 4.84. The van der Waals surface area contributed by atoms with Gasteiger partial charge in [0.25, 0.3) is 5.69 Å². The van der Waals surface area contributed by atoms with Crippen LogP contribution >= 0.6 is 11.6 Å². The highest BCUT2D eigenvalue weighted by molar-refractivity contribution is 6.32. The number of hydrogen-bond donors (Lipinski definition) is 1. The van der Waals surface area contributed by atoms with Gasteiger partial charge in [-0.1, -0.05) is 23.7 Å². The van der Waals surface area contributed by atoms with Crippen LogP contribution in [0, 0.1) is 21.4 Å². The largest absolute Gasteiger partial charge is 0.489 e. The monoisotopic (exact) mass is 318 g/mol. The Labute approximate surface area is 131 Å². The van der Waals surface area contributed by atoms with Gasteiger partial charge in [0.2, 0.25) is 0 Å². The van der Waals surface area contributed by atoms with E-state index in [1.807, 2.05) is 6.07 Å². The van der Waals surface area contributed by atoms with Crippen LogP contribution in [-0.2, 0) is 0 Å². The third-order valence-corrected chi connectivity index (χ3v) is 3.24. The first kappa shape index (κ1) is 15.8. The van der Waals surface area contributed by atoms with Crippen LogP contribution < -0.4 is 4.74 Å². The van der Waals surface area contributed by atoms with Crippen LogP contribution in [0.25, 0.3) is 0 Å². The van der Waals surface area contributed by atoms with Crippen molar-refractivity contribution in [2.45, 2.75) is 6.10 Å². The van der Waals surface area contributed by atoms with Crippen molar-refractivity contribution in [2.75, 3.05) is 6.61 Å². The lowest BCUT2D eigenvalue weighted by atomic mass is 10.1. The van der Waals surface area contributed by atoms with Gasteiger partial charge in [0, 0.05) is 12.1 Å². The predicted octanol–water partition coefficient (Wildman–Crippen LogP) is 3.23. The molecule has 0 aliphatic carbocycles. The van der Waals surface area contributed by atoms with Gasteiger partial charge in [-0.05, 0) is 23.8 Å². The fourth-order valence-electron chi connectivity index (χ4n) is 1.77. The van der Waals surface area contributed by atoms with Crippen LogP contribution in [0.4, 0.5) is 5.69 Å². The summed E-state index contributed by atoms with van der Waals surface area (Å²) in [4.78, 5) is 10.1. The number of non-ortho nitro benzene ring substituents is 1. The highest BCUT2D eigenvalue weighted by Crippen LogP contribution is 2.29. The number of benzene rings is 2. The standard InChI is InChI=1S/C15H11ClN2O4/c16-13-7-12(18(20)21)5-6-15(13)22-9-14(19)11-3-1-10(8-17)2-4-11/h1-7,14,19H,9H2. The Bertz CT molecular complexity index is 725. The second kappa shape index (κ2) is 6.89. The Balaban J connectivity index is 2.03. The van der Waals surface area contributed by atoms with Crippen molar-refractivity contribution < 1.29 is 14.8 Å². The normalized spacial score (nSPS) is 11.5. The van der Waals surface area contributed by atoms with Gasteiger partial charge in [-0.15, -0.1) is 0 Å². The fourth-order valence-corrected chi connectivity index (χ4v) is 1.99. The maximum atomic E-state index is 10.6. The molecule has 0 aliphatic rings. The minimum Gasteiger partial charge on any atom is -0.489 e. The van der Waals surface area contributed by atoms with E-state index in [2.05, 4.69) is 0 Å². The summed E-state index contributed by atoms with van der Waals surface area (Å²) < 4.78 is 5.37. The SMILES string of the molecule is N#Cc1ccc(C(O)COc2ccc([N+](=O)[O-])cc2Cl)cc1. The molecule has 0 aliphatic heterocycles. The molecule has 6 nitrogen and oxygen atoms in total.